The number of hydrogen-bond donors (Lipinski definition) is 2. The van der Waals surface area contributed by atoms with E-state index in [-0.39, 0.29) is 11.8 Å². The Morgan fingerprint density at radius 3 is 1.50 bits per heavy atom. The number of thiazole rings is 2. The Morgan fingerprint density at radius 2 is 1.14 bits per heavy atom. The molecule has 0 spiro atoms. The van der Waals surface area contributed by atoms with Crippen LogP contribution in [0.5, 0.6) is 0 Å². The summed E-state index contributed by atoms with van der Waals surface area (Å²) in [5, 5.41) is 10.9. The third-order valence-corrected chi connectivity index (χ3v) is 6.44. The van der Waals surface area contributed by atoms with Crippen molar-refractivity contribution in [3.05, 3.63) is 57.5 Å². The molecule has 28 heavy (non-hydrogen) atoms. The molecular weight excluding hydrogens is 392 g/mol. The molecule has 2 aliphatic rings. The molecule has 6 nitrogen and oxygen atoms in total. The summed E-state index contributed by atoms with van der Waals surface area (Å²) in [6.07, 6.45) is 4.74. The molecule has 2 N–H and O–H groups in total. The Bertz CT molecular complexity index is 949. The molecule has 2 aromatic heterocycles. The average molecular weight is 411 g/mol. The van der Waals surface area contributed by atoms with Crippen LogP contribution in [0.4, 0.5) is 10.3 Å². The Morgan fingerprint density at radius 1 is 0.750 bits per heavy atom. The number of hydrogen-bond acceptors (Lipinski definition) is 6. The number of carbonyl (C=O) groups is 2. The minimum Gasteiger partial charge on any atom is -0.298 e. The third kappa shape index (κ3) is 3.83. The largest absolute Gasteiger partial charge is 0.298 e. The van der Waals surface area contributed by atoms with Gasteiger partial charge in [0.15, 0.2) is 10.3 Å². The van der Waals surface area contributed by atoms with E-state index in [2.05, 4.69) is 20.6 Å². The average Bonchev–Trinajstić information content (AvgIpc) is 3.64. The van der Waals surface area contributed by atoms with E-state index < -0.39 is 0 Å². The second-order valence-electron chi connectivity index (χ2n) is 7.19. The van der Waals surface area contributed by atoms with Gasteiger partial charge in [-0.15, -0.1) is 22.7 Å². The molecule has 0 unspecified atom stereocenters. The van der Waals surface area contributed by atoms with Crippen LogP contribution in [0.3, 0.4) is 0 Å². The van der Waals surface area contributed by atoms with Gasteiger partial charge in [0.2, 0.25) is 0 Å². The van der Waals surface area contributed by atoms with Gasteiger partial charge in [-0.25, -0.2) is 9.97 Å². The van der Waals surface area contributed by atoms with Crippen molar-refractivity contribution >= 4 is 44.8 Å². The maximum atomic E-state index is 12.4. The van der Waals surface area contributed by atoms with Gasteiger partial charge in [-0.1, -0.05) is 0 Å². The SMILES string of the molecule is O=C(Nc1nc(C2CC2)cs1)c1ccc(C(=O)Nc2nc(C3CC3)cs2)cc1. The van der Waals surface area contributed by atoms with Crippen molar-refractivity contribution in [2.24, 2.45) is 0 Å². The number of amides is 2. The van der Waals surface area contributed by atoms with Crippen molar-refractivity contribution < 1.29 is 9.59 Å². The predicted octanol–water partition coefficient (Wildman–Crippen LogP) is 4.86. The lowest BCUT2D eigenvalue weighted by molar-refractivity contribution is 0.101. The van der Waals surface area contributed by atoms with Crippen molar-refractivity contribution in [2.45, 2.75) is 37.5 Å². The summed E-state index contributed by atoms with van der Waals surface area (Å²) in [5.41, 5.74) is 3.12. The number of nitrogens with zero attached hydrogens (tertiary/aromatic N) is 2. The maximum absolute atomic E-state index is 12.4. The van der Waals surface area contributed by atoms with E-state index in [1.807, 2.05) is 10.8 Å². The lowest BCUT2D eigenvalue weighted by atomic mass is 10.1. The van der Waals surface area contributed by atoms with Gasteiger partial charge in [-0.2, -0.15) is 0 Å². The van der Waals surface area contributed by atoms with Crippen LogP contribution in [0.15, 0.2) is 35.0 Å². The van der Waals surface area contributed by atoms with Crippen LogP contribution < -0.4 is 10.6 Å². The monoisotopic (exact) mass is 410 g/mol. The second kappa shape index (κ2) is 7.10. The standard InChI is InChI=1S/C20H18N4O2S2/c25-17(23-19-21-15(9-27-19)11-1-2-11)13-5-7-14(8-6-13)18(26)24-20-22-16(10-28-20)12-3-4-12/h5-12H,1-4H2,(H,21,23,25)(H,22,24,26). The molecule has 8 heteroatoms. The van der Waals surface area contributed by atoms with Gasteiger partial charge in [0.25, 0.3) is 11.8 Å². The minimum absolute atomic E-state index is 0.224. The summed E-state index contributed by atoms with van der Waals surface area (Å²) in [6, 6.07) is 6.60. The fraction of sp³-hybridized carbons (Fsp3) is 0.300. The van der Waals surface area contributed by atoms with Crippen molar-refractivity contribution in [3.63, 3.8) is 0 Å². The van der Waals surface area contributed by atoms with Crippen LogP contribution in [-0.2, 0) is 0 Å². The van der Waals surface area contributed by atoms with E-state index in [4.69, 9.17) is 0 Å². The number of carbonyl (C=O) groups excluding carboxylic acids is 2. The molecule has 5 rings (SSSR count). The highest BCUT2D eigenvalue weighted by atomic mass is 32.1. The van der Waals surface area contributed by atoms with Gasteiger partial charge in [-0.05, 0) is 49.9 Å². The summed E-state index contributed by atoms with van der Waals surface area (Å²) in [4.78, 5) is 33.7. The van der Waals surface area contributed by atoms with Crippen LogP contribution in [0.1, 0.15) is 69.6 Å². The summed E-state index contributed by atoms with van der Waals surface area (Å²) >= 11 is 2.89. The highest BCUT2D eigenvalue weighted by Crippen LogP contribution is 2.41. The molecule has 2 amide bonds. The number of rotatable bonds is 6. The molecule has 0 atom stereocenters. The van der Waals surface area contributed by atoms with Crippen molar-refractivity contribution in [1.82, 2.24) is 9.97 Å². The summed E-state index contributed by atoms with van der Waals surface area (Å²) < 4.78 is 0. The van der Waals surface area contributed by atoms with Crippen LogP contribution in [0.2, 0.25) is 0 Å². The zero-order chi connectivity index (χ0) is 19.1. The Balaban J connectivity index is 1.21. The molecule has 0 saturated heterocycles. The maximum Gasteiger partial charge on any atom is 0.257 e. The van der Waals surface area contributed by atoms with Gasteiger partial charge >= 0.3 is 0 Å². The van der Waals surface area contributed by atoms with Crippen molar-refractivity contribution in [3.8, 4) is 0 Å². The highest BCUT2D eigenvalue weighted by Gasteiger charge is 2.27. The van der Waals surface area contributed by atoms with E-state index in [9.17, 15) is 9.59 Å². The number of benzene rings is 1. The predicted molar refractivity (Wildman–Crippen MR) is 111 cm³/mol. The minimum atomic E-state index is -0.224. The molecule has 2 aliphatic carbocycles. The van der Waals surface area contributed by atoms with E-state index in [1.165, 1.54) is 48.4 Å². The topological polar surface area (TPSA) is 84.0 Å². The number of anilines is 2. The first-order chi connectivity index (χ1) is 13.7. The summed E-state index contributed by atoms with van der Waals surface area (Å²) in [7, 11) is 0. The first-order valence-corrected chi connectivity index (χ1v) is 11.1. The third-order valence-electron chi connectivity index (χ3n) is 4.89. The van der Waals surface area contributed by atoms with Gasteiger partial charge in [0.1, 0.15) is 0 Å². The fourth-order valence-electron chi connectivity index (χ4n) is 2.93. The van der Waals surface area contributed by atoms with Crippen LogP contribution in [0.25, 0.3) is 0 Å². The van der Waals surface area contributed by atoms with Crippen LogP contribution in [-0.4, -0.2) is 21.8 Å². The van der Waals surface area contributed by atoms with Gasteiger partial charge in [0.05, 0.1) is 11.4 Å². The van der Waals surface area contributed by atoms with E-state index >= 15 is 0 Å². The van der Waals surface area contributed by atoms with Crippen LogP contribution >= 0.6 is 22.7 Å². The quantitative estimate of drug-likeness (QED) is 0.608. The Hall–Kier alpha value is -2.58. The first kappa shape index (κ1) is 17.5. The second-order valence-corrected chi connectivity index (χ2v) is 8.91. The van der Waals surface area contributed by atoms with Crippen LogP contribution in [0, 0.1) is 0 Å². The van der Waals surface area contributed by atoms with Gasteiger partial charge < -0.3 is 0 Å². The molecule has 2 fully saturated rings. The zero-order valence-corrected chi connectivity index (χ0v) is 16.6. The van der Waals surface area contributed by atoms with E-state index in [0.717, 1.165) is 11.4 Å². The summed E-state index contributed by atoms with van der Waals surface area (Å²) in [5.74, 6) is 0.686. The normalized spacial score (nSPS) is 16.0. The van der Waals surface area contributed by atoms with Gasteiger partial charge in [0, 0.05) is 33.7 Å². The number of nitrogens with one attached hydrogen (secondary N) is 2. The van der Waals surface area contributed by atoms with Crippen molar-refractivity contribution in [2.75, 3.05) is 10.6 Å². The van der Waals surface area contributed by atoms with E-state index in [0.29, 0.717) is 33.2 Å². The molecule has 0 radical (unpaired) electrons. The smallest absolute Gasteiger partial charge is 0.257 e. The molecule has 142 valence electrons. The first-order valence-electron chi connectivity index (χ1n) is 9.29. The Labute approximate surface area is 170 Å². The lowest BCUT2D eigenvalue weighted by Crippen LogP contribution is -2.14. The molecule has 2 saturated carbocycles. The molecule has 0 bridgehead atoms. The lowest BCUT2D eigenvalue weighted by Gasteiger charge is -2.04. The van der Waals surface area contributed by atoms with Crippen molar-refractivity contribution in [1.29, 1.82) is 0 Å². The Kier molecular flexibility index (Phi) is 4.44. The molecule has 3 aromatic rings. The van der Waals surface area contributed by atoms with Gasteiger partial charge in [-0.3, -0.25) is 20.2 Å². The highest BCUT2D eigenvalue weighted by molar-refractivity contribution is 7.14. The molecule has 1 aromatic carbocycles. The zero-order valence-electron chi connectivity index (χ0n) is 15.0. The van der Waals surface area contributed by atoms with E-state index in [1.54, 1.807) is 24.3 Å². The summed E-state index contributed by atoms with van der Waals surface area (Å²) in [6.45, 7) is 0. The molecular formula is C20H18N4O2S2. The molecule has 0 aliphatic heterocycles. The fourth-order valence-corrected chi connectivity index (χ4v) is 4.51. The molecule has 2 heterocycles. The number of aromatic nitrogens is 2.